The fourth-order valence-corrected chi connectivity index (χ4v) is 3.67. The van der Waals surface area contributed by atoms with Gasteiger partial charge in [-0.05, 0) is 56.2 Å². The largest absolute Gasteiger partial charge is 0.338 e. The molecule has 0 bridgehead atoms. The number of carbonyl (C=O) groups is 2. The van der Waals surface area contributed by atoms with Crippen LogP contribution in [0.2, 0.25) is 0 Å². The van der Waals surface area contributed by atoms with Crippen molar-refractivity contribution in [1.29, 1.82) is 0 Å². The van der Waals surface area contributed by atoms with Gasteiger partial charge in [-0.2, -0.15) is 0 Å². The lowest BCUT2D eigenvalue weighted by Gasteiger charge is -2.32. The summed E-state index contributed by atoms with van der Waals surface area (Å²) in [6.07, 6.45) is 6.15. The SMILES string of the molecule is Cc1ncncc1C(=O)N1CCC(c2ccc(C(=O)Nc3ccc(F)cc3)cn2)CC1. The van der Waals surface area contributed by atoms with Crippen LogP contribution in [0.4, 0.5) is 10.1 Å². The predicted octanol–water partition coefficient (Wildman–Crippen LogP) is 3.59. The van der Waals surface area contributed by atoms with Crippen LogP contribution in [-0.4, -0.2) is 44.8 Å². The van der Waals surface area contributed by atoms with Gasteiger partial charge < -0.3 is 10.2 Å². The molecule has 0 saturated carbocycles. The van der Waals surface area contributed by atoms with Crippen molar-refractivity contribution in [3.8, 4) is 0 Å². The van der Waals surface area contributed by atoms with E-state index in [1.807, 2.05) is 11.0 Å². The molecule has 0 spiro atoms. The van der Waals surface area contributed by atoms with Crippen molar-refractivity contribution in [3.63, 3.8) is 0 Å². The Hall–Kier alpha value is -3.68. The Bertz CT molecular complexity index is 1080. The molecule has 2 aromatic heterocycles. The number of hydrogen-bond donors (Lipinski definition) is 1. The lowest BCUT2D eigenvalue weighted by atomic mass is 9.92. The number of aryl methyl sites for hydroxylation is 1. The van der Waals surface area contributed by atoms with Gasteiger partial charge in [-0.25, -0.2) is 14.4 Å². The third kappa shape index (κ3) is 4.74. The van der Waals surface area contributed by atoms with Gasteiger partial charge in [-0.1, -0.05) is 0 Å². The van der Waals surface area contributed by atoms with Crippen molar-refractivity contribution in [3.05, 3.63) is 83.5 Å². The molecule has 1 N–H and O–H groups in total. The molecule has 1 aliphatic heterocycles. The number of pyridine rings is 1. The van der Waals surface area contributed by atoms with Gasteiger partial charge in [0.05, 0.1) is 16.8 Å². The maximum Gasteiger partial charge on any atom is 0.257 e. The molecule has 7 nitrogen and oxygen atoms in total. The summed E-state index contributed by atoms with van der Waals surface area (Å²) in [5, 5.41) is 2.72. The normalized spacial score (nSPS) is 14.3. The highest BCUT2D eigenvalue weighted by Gasteiger charge is 2.26. The molecule has 3 heterocycles. The summed E-state index contributed by atoms with van der Waals surface area (Å²) < 4.78 is 13.0. The first-order valence-corrected chi connectivity index (χ1v) is 10.1. The van der Waals surface area contributed by atoms with Crippen LogP contribution in [0.15, 0.2) is 55.1 Å². The van der Waals surface area contributed by atoms with Crippen molar-refractivity contribution in [1.82, 2.24) is 19.9 Å². The Labute approximate surface area is 179 Å². The number of carbonyl (C=O) groups excluding carboxylic acids is 2. The molecule has 1 aliphatic rings. The number of anilines is 1. The summed E-state index contributed by atoms with van der Waals surface area (Å²) >= 11 is 0. The molecule has 0 radical (unpaired) electrons. The van der Waals surface area contributed by atoms with Crippen molar-refractivity contribution in [2.45, 2.75) is 25.7 Å². The molecular weight excluding hydrogens is 397 g/mol. The fraction of sp³-hybridized carbons (Fsp3) is 0.261. The minimum Gasteiger partial charge on any atom is -0.338 e. The Morgan fingerprint density at radius 3 is 2.42 bits per heavy atom. The molecule has 1 saturated heterocycles. The average molecular weight is 419 g/mol. The number of benzene rings is 1. The first-order chi connectivity index (χ1) is 15.0. The second kappa shape index (κ2) is 8.99. The number of likely N-dealkylation sites (tertiary alicyclic amines) is 1. The van der Waals surface area contributed by atoms with E-state index in [0.717, 1.165) is 18.5 Å². The van der Waals surface area contributed by atoms with E-state index in [0.29, 0.717) is 35.6 Å². The molecular formula is C23H22FN5O2. The van der Waals surface area contributed by atoms with E-state index >= 15 is 0 Å². The lowest BCUT2D eigenvalue weighted by Crippen LogP contribution is -2.38. The number of hydrogen-bond acceptors (Lipinski definition) is 5. The number of piperidine rings is 1. The maximum atomic E-state index is 13.0. The van der Waals surface area contributed by atoms with Crippen LogP contribution in [0, 0.1) is 12.7 Å². The van der Waals surface area contributed by atoms with Crippen molar-refractivity contribution in [2.75, 3.05) is 18.4 Å². The highest BCUT2D eigenvalue weighted by Crippen LogP contribution is 2.27. The van der Waals surface area contributed by atoms with Gasteiger partial charge >= 0.3 is 0 Å². The molecule has 1 aromatic carbocycles. The highest BCUT2D eigenvalue weighted by atomic mass is 19.1. The zero-order valence-corrected chi connectivity index (χ0v) is 17.1. The smallest absolute Gasteiger partial charge is 0.257 e. The summed E-state index contributed by atoms with van der Waals surface area (Å²) in [6, 6.07) is 9.20. The number of amides is 2. The minimum absolute atomic E-state index is 0.0441. The fourth-order valence-electron chi connectivity index (χ4n) is 3.67. The average Bonchev–Trinajstić information content (AvgIpc) is 2.81. The summed E-state index contributed by atoms with van der Waals surface area (Å²) in [5.41, 5.74) is 3.07. The van der Waals surface area contributed by atoms with Gasteiger partial charge in [0, 0.05) is 42.8 Å². The van der Waals surface area contributed by atoms with E-state index in [1.165, 1.54) is 30.6 Å². The third-order valence-electron chi connectivity index (χ3n) is 5.49. The van der Waals surface area contributed by atoms with E-state index in [-0.39, 0.29) is 23.5 Å². The summed E-state index contributed by atoms with van der Waals surface area (Å²) in [5.74, 6) is -0.473. The quantitative estimate of drug-likeness (QED) is 0.698. The molecule has 0 atom stereocenters. The number of aromatic nitrogens is 3. The minimum atomic E-state index is -0.357. The maximum absolute atomic E-state index is 13.0. The van der Waals surface area contributed by atoms with Crippen LogP contribution in [-0.2, 0) is 0 Å². The monoisotopic (exact) mass is 419 g/mol. The summed E-state index contributed by atoms with van der Waals surface area (Å²) in [6.45, 7) is 3.07. The molecule has 0 aliphatic carbocycles. The number of nitrogens with one attached hydrogen (secondary N) is 1. The molecule has 8 heteroatoms. The van der Waals surface area contributed by atoms with E-state index in [2.05, 4.69) is 20.3 Å². The van der Waals surface area contributed by atoms with E-state index in [4.69, 9.17) is 0 Å². The van der Waals surface area contributed by atoms with Crippen molar-refractivity contribution < 1.29 is 14.0 Å². The van der Waals surface area contributed by atoms with Crippen LogP contribution in [0.25, 0.3) is 0 Å². The first-order valence-electron chi connectivity index (χ1n) is 10.1. The zero-order chi connectivity index (χ0) is 21.8. The van der Waals surface area contributed by atoms with Crippen molar-refractivity contribution >= 4 is 17.5 Å². The molecule has 2 amide bonds. The highest BCUT2D eigenvalue weighted by molar-refractivity contribution is 6.04. The molecule has 4 rings (SSSR count). The Kier molecular flexibility index (Phi) is 5.97. The van der Waals surface area contributed by atoms with Gasteiger partial charge in [-0.3, -0.25) is 14.6 Å². The van der Waals surface area contributed by atoms with Crippen LogP contribution in [0.5, 0.6) is 0 Å². The topological polar surface area (TPSA) is 88.1 Å². The van der Waals surface area contributed by atoms with E-state index in [1.54, 1.807) is 25.4 Å². The van der Waals surface area contributed by atoms with Gasteiger partial charge in [0.1, 0.15) is 12.1 Å². The molecule has 31 heavy (non-hydrogen) atoms. The van der Waals surface area contributed by atoms with Crippen molar-refractivity contribution in [2.24, 2.45) is 0 Å². The number of nitrogens with zero attached hydrogens (tertiary/aromatic N) is 4. The predicted molar refractivity (Wildman–Crippen MR) is 113 cm³/mol. The number of halogens is 1. The van der Waals surface area contributed by atoms with E-state index in [9.17, 15) is 14.0 Å². The van der Waals surface area contributed by atoms with Crippen LogP contribution in [0.1, 0.15) is 50.9 Å². The third-order valence-corrected chi connectivity index (χ3v) is 5.49. The summed E-state index contributed by atoms with van der Waals surface area (Å²) in [7, 11) is 0. The number of rotatable bonds is 4. The standard InChI is InChI=1S/C23H22FN5O2/c1-15-20(13-25-14-27-15)23(31)29-10-8-16(9-11-29)21-7-2-17(12-26-21)22(30)28-19-5-3-18(24)4-6-19/h2-7,12-14,16H,8-11H2,1H3,(H,28,30). The Morgan fingerprint density at radius 1 is 1.03 bits per heavy atom. The first kappa shape index (κ1) is 20.6. The molecule has 3 aromatic rings. The Morgan fingerprint density at radius 2 is 1.77 bits per heavy atom. The van der Waals surface area contributed by atoms with Gasteiger partial charge in [0.15, 0.2) is 0 Å². The summed E-state index contributed by atoms with van der Waals surface area (Å²) in [4.78, 5) is 39.4. The van der Waals surface area contributed by atoms with Crippen LogP contribution < -0.4 is 5.32 Å². The molecule has 158 valence electrons. The molecule has 0 unspecified atom stereocenters. The van der Waals surface area contributed by atoms with Crippen LogP contribution in [0.3, 0.4) is 0 Å². The van der Waals surface area contributed by atoms with Gasteiger partial charge in [-0.15, -0.1) is 0 Å². The van der Waals surface area contributed by atoms with Crippen LogP contribution >= 0.6 is 0 Å². The zero-order valence-electron chi connectivity index (χ0n) is 17.1. The van der Waals surface area contributed by atoms with E-state index < -0.39 is 0 Å². The van der Waals surface area contributed by atoms with Gasteiger partial charge in [0.2, 0.25) is 0 Å². The second-order valence-electron chi connectivity index (χ2n) is 7.52. The lowest BCUT2D eigenvalue weighted by molar-refractivity contribution is 0.0710. The molecule has 1 fully saturated rings. The Balaban J connectivity index is 1.35. The second-order valence-corrected chi connectivity index (χ2v) is 7.52. The van der Waals surface area contributed by atoms with Gasteiger partial charge in [0.25, 0.3) is 11.8 Å².